The van der Waals surface area contributed by atoms with Gasteiger partial charge in [0, 0.05) is 38.3 Å². The lowest BCUT2D eigenvalue weighted by atomic mass is 9.95. The summed E-state index contributed by atoms with van der Waals surface area (Å²) in [6, 6.07) is 4.63. The Morgan fingerprint density at radius 2 is 1.39 bits per heavy atom. The number of hydrogen-bond acceptors (Lipinski definition) is 10. The summed E-state index contributed by atoms with van der Waals surface area (Å²) >= 11 is 5.85. The van der Waals surface area contributed by atoms with Gasteiger partial charge in [-0.2, -0.15) is 0 Å². The van der Waals surface area contributed by atoms with Gasteiger partial charge in [0.15, 0.2) is 12.2 Å². The summed E-state index contributed by atoms with van der Waals surface area (Å²) in [5, 5.41) is 3.00. The van der Waals surface area contributed by atoms with Crippen molar-refractivity contribution >= 4 is 41.4 Å². The molecular weight excluding hydrogens is 462 g/mol. The summed E-state index contributed by atoms with van der Waals surface area (Å²) in [7, 11) is 0. The Morgan fingerprint density at radius 3 is 1.91 bits per heavy atom. The van der Waals surface area contributed by atoms with Crippen LogP contribution in [0.5, 0.6) is 0 Å². The predicted octanol–water partition coefficient (Wildman–Crippen LogP) is 1.15. The maximum atomic E-state index is 12.8. The number of carbonyl (C=O) groups is 5. The minimum atomic E-state index is -1.46. The monoisotopic (exact) mass is 485 g/mol. The largest absolute Gasteiger partial charge is 0.463 e. The number of nitrogens with one attached hydrogen (secondary N) is 1. The van der Waals surface area contributed by atoms with Gasteiger partial charge in [-0.05, 0) is 24.3 Å². The Kier molecular flexibility index (Phi) is 9.18. The maximum absolute atomic E-state index is 12.8. The van der Waals surface area contributed by atoms with Crippen LogP contribution in [0.25, 0.3) is 0 Å². The Morgan fingerprint density at radius 1 is 0.848 bits per heavy atom. The molecule has 33 heavy (non-hydrogen) atoms. The van der Waals surface area contributed by atoms with Crippen molar-refractivity contribution in [3.8, 4) is 0 Å². The van der Waals surface area contributed by atoms with Crippen molar-refractivity contribution in [1.82, 2.24) is 5.32 Å². The van der Waals surface area contributed by atoms with Gasteiger partial charge < -0.3 is 29.0 Å². The fourth-order valence-corrected chi connectivity index (χ4v) is 3.28. The Hall–Kier alpha value is -3.18. The minimum Gasteiger partial charge on any atom is -0.463 e. The molecule has 11 nitrogen and oxygen atoms in total. The molecule has 1 aliphatic rings. The van der Waals surface area contributed by atoms with Gasteiger partial charge in [0.05, 0.1) is 0 Å². The number of ether oxygens (including phenoxy) is 5. The Balaban J connectivity index is 2.44. The summed E-state index contributed by atoms with van der Waals surface area (Å²) < 4.78 is 26.5. The quantitative estimate of drug-likeness (QED) is 0.441. The standard InChI is InChI=1S/C21H24ClNO10/c1-10(24)29-9-16-18(30-11(2)25)19(31-12(3)26)17(21(33-16)32-13(4)27)23-20(28)14-5-7-15(22)8-6-14/h5-8,16-19,21H,9H2,1-4H3,(H,23,28). The fraction of sp³-hybridized carbons (Fsp3) is 0.476. The van der Waals surface area contributed by atoms with Crippen LogP contribution in [-0.2, 0) is 42.9 Å². The van der Waals surface area contributed by atoms with Crippen LogP contribution in [0, 0.1) is 0 Å². The van der Waals surface area contributed by atoms with Crippen LogP contribution in [0.4, 0.5) is 0 Å². The molecular formula is C21H24ClNO10. The highest BCUT2D eigenvalue weighted by Crippen LogP contribution is 2.28. The molecule has 1 heterocycles. The zero-order valence-corrected chi connectivity index (χ0v) is 19.1. The zero-order valence-electron chi connectivity index (χ0n) is 18.4. The molecule has 0 aliphatic carbocycles. The summed E-state index contributed by atoms with van der Waals surface area (Å²) in [6.45, 7) is 4.10. The number of halogens is 1. The molecule has 1 aromatic rings. The number of benzene rings is 1. The molecule has 5 atom stereocenters. The summed E-state index contributed by atoms with van der Waals surface area (Å²) in [5.74, 6) is -3.55. The SMILES string of the molecule is CC(=O)OCC1OC(OC(C)=O)C(NC(=O)c2ccc(Cl)cc2)C(OC(C)=O)C1OC(C)=O. The molecule has 1 amide bonds. The zero-order chi connectivity index (χ0) is 24.7. The van der Waals surface area contributed by atoms with E-state index in [0.717, 1.165) is 27.7 Å². The van der Waals surface area contributed by atoms with Gasteiger partial charge in [-0.3, -0.25) is 24.0 Å². The van der Waals surface area contributed by atoms with E-state index in [1.807, 2.05) is 0 Å². The van der Waals surface area contributed by atoms with E-state index in [1.165, 1.54) is 24.3 Å². The van der Waals surface area contributed by atoms with Crippen LogP contribution in [-0.4, -0.2) is 67.0 Å². The van der Waals surface area contributed by atoms with Crippen molar-refractivity contribution in [2.75, 3.05) is 6.61 Å². The van der Waals surface area contributed by atoms with Crippen LogP contribution in [0.2, 0.25) is 5.02 Å². The average Bonchev–Trinajstić information content (AvgIpc) is 2.70. The van der Waals surface area contributed by atoms with Crippen LogP contribution < -0.4 is 5.32 Å². The number of esters is 4. The van der Waals surface area contributed by atoms with Crippen LogP contribution in [0.15, 0.2) is 24.3 Å². The molecule has 0 saturated carbocycles. The number of hydrogen-bond donors (Lipinski definition) is 1. The van der Waals surface area contributed by atoms with Crippen molar-refractivity contribution in [3.05, 3.63) is 34.9 Å². The lowest BCUT2D eigenvalue weighted by molar-refractivity contribution is -0.270. The van der Waals surface area contributed by atoms with Gasteiger partial charge in [0.2, 0.25) is 6.29 Å². The van der Waals surface area contributed by atoms with Crippen molar-refractivity contribution < 1.29 is 47.7 Å². The third kappa shape index (κ3) is 7.72. The molecule has 12 heteroatoms. The van der Waals surface area contributed by atoms with E-state index in [2.05, 4.69) is 5.32 Å². The van der Waals surface area contributed by atoms with Gasteiger partial charge in [-0.1, -0.05) is 11.6 Å². The highest BCUT2D eigenvalue weighted by Gasteiger charge is 2.52. The lowest BCUT2D eigenvalue weighted by Crippen LogP contribution is -2.67. The summed E-state index contributed by atoms with van der Waals surface area (Å²) in [6.07, 6.45) is -5.28. The molecule has 1 aliphatic heterocycles. The summed E-state index contributed by atoms with van der Waals surface area (Å²) in [5.41, 5.74) is 0.202. The average molecular weight is 486 g/mol. The number of carbonyl (C=O) groups excluding carboxylic acids is 5. The molecule has 2 rings (SSSR count). The number of rotatable bonds is 7. The first kappa shape index (κ1) is 26.1. The molecule has 1 N–H and O–H groups in total. The van der Waals surface area contributed by atoms with Crippen molar-refractivity contribution in [2.45, 2.75) is 58.3 Å². The first-order valence-electron chi connectivity index (χ1n) is 9.84. The van der Waals surface area contributed by atoms with Crippen LogP contribution >= 0.6 is 11.6 Å². The van der Waals surface area contributed by atoms with E-state index >= 15 is 0 Å². The van der Waals surface area contributed by atoms with E-state index in [4.69, 9.17) is 35.3 Å². The van der Waals surface area contributed by atoms with Gasteiger partial charge in [0.1, 0.15) is 18.8 Å². The lowest BCUT2D eigenvalue weighted by Gasteiger charge is -2.44. The molecule has 1 aromatic carbocycles. The van der Waals surface area contributed by atoms with Crippen molar-refractivity contribution in [1.29, 1.82) is 0 Å². The normalized spacial score (nSPS) is 24.2. The van der Waals surface area contributed by atoms with Gasteiger partial charge in [0.25, 0.3) is 5.91 Å². The Labute approximate surface area is 194 Å². The van der Waals surface area contributed by atoms with Gasteiger partial charge >= 0.3 is 23.9 Å². The molecule has 180 valence electrons. The van der Waals surface area contributed by atoms with Crippen molar-refractivity contribution in [3.63, 3.8) is 0 Å². The molecule has 0 spiro atoms. The second kappa shape index (κ2) is 11.6. The van der Waals surface area contributed by atoms with E-state index in [-0.39, 0.29) is 5.56 Å². The second-order valence-electron chi connectivity index (χ2n) is 7.11. The van der Waals surface area contributed by atoms with E-state index in [0.29, 0.717) is 5.02 Å². The molecule has 1 saturated heterocycles. The third-order valence-electron chi connectivity index (χ3n) is 4.39. The highest BCUT2D eigenvalue weighted by molar-refractivity contribution is 6.30. The van der Waals surface area contributed by atoms with Crippen LogP contribution in [0.1, 0.15) is 38.1 Å². The Bertz CT molecular complexity index is 903. The first-order valence-corrected chi connectivity index (χ1v) is 10.2. The van der Waals surface area contributed by atoms with Crippen molar-refractivity contribution in [2.24, 2.45) is 0 Å². The molecule has 1 fully saturated rings. The van der Waals surface area contributed by atoms with Gasteiger partial charge in [-0.25, -0.2) is 0 Å². The maximum Gasteiger partial charge on any atom is 0.305 e. The second-order valence-corrected chi connectivity index (χ2v) is 7.55. The highest BCUT2D eigenvalue weighted by atomic mass is 35.5. The fourth-order valence-electron chi connectivity index (χ4n) is 3.16. The summed E-state index contributed by atoms with van der Waals surface area (Å²) in [4.78, 5) is 59.5. The van der Waals surface area contributed by atoms with E-state index in [9.17, 15) is 24.0 Å². The van der Waals surface area contributed by atoms with E-state index < -0.39 is 67.0 Å². The topological polar surface area (TPSA) is 144 Å². The molecule has 0 bridgehead atoms. The molecule has 5 unspecified atom stereocenters. The van der Waals surface area contributed by atoms with E-state index in [1.54, 1.807) is 0 Å². The third-order valence-corrected chi connectivity index (χ3v) is 4.64. The smallest absolute Gasteiger partial charge is 0.305 e. The first-order chi connectivity index (χ1) is 15.5. The predicted molar refractivity (Wildman–Crippen MR) is 111 cm³/mol. The molecule has 0 radical (unpaired) electrons. The molecule has 0 aromatic heterocycles. The minimum absolute atomic E-state index is 0.202. The van der Waals surface area contributed by atoms with Gasteiger partial charge in [-0.15, -0.1) is 0 Å². The van der Waals surface area contributed by atoms with Crippen LogP contribution in [0.3, 0.4) is 0 Å². The number of amides is 1.